The molecule has 0 aliphatic carbocycles. The van der Waals surface area contributed by atoms with Crippen molar-refractivity contribution in [2.75, 3.05) is 47.5 Å². The van der Waals surface area contributed by atoms with Gasteiger partial charge in [-0.1, -0.05) is 279 Å². The van der Waals surface area contributed by atoms with Crippen LogP contribution in [0.4, 0.5) is 0 Å². The highest BCUT2D eigenvalue weighted by Crippen LogP contribution is 2.18. The van der Waals surface area contributed by atoms with Crippen LogP contribution in [0.3, 0.4) is 0 Å². The van der Waals surface area contributed by atoms with Gasteiger partial charge in [0.1, 0.15) is 13.2 Å². The van der Waals surface area contributed by atoms with Crippen LogP contribution in [0.2, 0.25) is 0 Å². The second-order valence-electron chi connectivity index (χ2n) is 23.7. The number of hydrogen-bond donors (Lipinski definition) is 1. The van der Waals surface area contributed by atoms with Crippen LogP contribution in [0, 0.1) is 0 Å². The topological polar surface area (TPSA) is 108 Å². The zero-order valence-electron chi connectivity index (χ0n) is 53.0. The highest BCUT2D eigenvalue weighted by atomic mass is 16.7. The van der Waals surface area contributed by atoms with Gasteiger partial charge in [-0.05, 0) is 83.5 Å². The third-order valence-electron chi connectivity index (χ3n) is 14.7. The maximum atomic E-state index is 12.9. The molecule has 0 aliphatic heterocycles. The van der Waals surface area contributed by atoms with Gasteiger partial charge in [-0.2, -0.15) is 0 Å². The maximum absolute atomic E-state index is 12.9. The van der Waals surface area contributed by atoms with Crippen molar-refractivity contribution in [3.63, 3.8) is 0 Å². The first-order chi connectivity index (χ1) is 39.1. The molecule has 0 rings (SSSR count). The van der Waals surface area contributed by atoms with Crippen molar-refractivity contribution in [1.82, 2.24) is 0 Å². The molecule has 0 radical (unpaired) electrons. The quantitative estimate of drug-likeness (QED) is 0.0211. The zero-order chi connectivity index (χ0) is 58.3. The van der Waals surface area contributed by atoms with Crippen molar-refractivity contribution < 1.29 is 42.9 Å². The van der Waals surface area contributed by atoms with Gasteiger partial charge < -0.3 is 28.5 Å². The Kier molecular flexibility index (Phi) is 59.3. The van der Waals surface area contributed by atoms with Crippen LogP contribution in [0.5, 0.6) is 0 Å². The second-order valence-corrected chi connectivity index (χ2v) is 23.7. The molecule has 2 unspecified atom stereocenters. The van der Waals surface area contributed by atoms with Crippen molar-refractivity contribution in [3.8, 4) is 0 Å². The molecule has 0 aromatic rings. The molecule has 0 aliphatic rings. The van der Waals surface area contributed by atoms with Gasteiger partial charge in [-0.15, -0.1) is 0 Å². The van der Waals surface area contributed by atoms with Crippen LogP contribution in [0.25, 0.3) is 0 Å². The summed E-state index contributed by atoms with van der Waals surface area (Å²) in [6, 6.07) is 0. The fourth-order valence-corrected chi connectivity index (χ4v) is 9.57. The van der Waals surface area contributed by atoms with E-state index in [9.17, 15) is 19.5 Å². The average molecular weight is 1120 g/mol. The molecule has 0 aromatic carbocycles. The summed E-state index contributed by atoms with van der Waals surface area (Å²) in [6.45, 7) is 4.77. The average Bonchev–Trinajstić information content (AvgIpc) is 3.43. The van der Waals surface area contributed by atoms with E-state index in [-0.39, 0.29) is 32.2 Å². The smallest absolute Gasteiger partial charge is 0.361 e. The third-order valence-corrected chi connectivity index (χ3v) is 14.7. The van der Waals surface area contributed by atoms with Gasteiger partial charge in [0.15, 0.2) is 6.10 Å². The maximum Gasteiger partial charge on any atom is 0.361 e. The lowest BCUT2D eigenvalue weighted by Crippen LogP contribution is -2.40. The fraction of sp³-hybridized carbons (Fsp3) is 0.789. The van der Waals surface area contributed by atoms with Gasteiger partial charge in [0.05, 0.1) is 34.4 Å². The van der Waals surface area contributed by atoms with E-state index in [1.165, 1.54) is 186 Å². The number of allylic oxidation sites excluding steroid dienone is 12. The highest BCUT2D eigenvalue weighted by Gasteiger charge is 2.25. The van der Waals surface area contributed by atoms with Crippen LogP contribution in [-0.4, -0.2) is 87.4 Å². The molecule has 9 heteroatoms. The first-order valence-electron chi connectivity index (χ1n) is 33.6. The summed E-state index contributed by atoms with van der Waals surface area (Å²) in [5.41, 5.74) is 0. The van der Waals surface area contributed by atoms with E-state index >= 15 is 0 Å². The first kappa shape index (κ1) is 76.7. The molecule has 1 N–H and O–H groups in total. The number of carboxylic acid groups (broad SMARTS) is 1. The largest absolute Gasteiger partial charge is 0.477 e. The van der Waals surface area contributed by atoms with Crippen molar-refractivity contribution in [1.29, 1.82) is 0 Å². The molecule has 80 heavy (non-hydrogen) atoms. The van der Waals surface area contributed by atoms with E-state index in [0.29, 0.717) is 17.4 Å². The van der Waals surface area contributed by atoms with Crippen LogP contribution >= 0.6 is 0 Å². The number of ether oxygens (including phenoxy) is 4. The number of nitrogens with zero attached hydrogens (tertiary/aromatic N) is 1. The molecule has 0 saturated carbocycles. The lowest BCUT2D eigenvalue weighted by atomic mass is 10.0. The summed E-state index contributed by atoms with van der Waals surface area (Å²) in [5.74, 6) is -2.00. The van der Waals surface area contributed by atoms with E-state index in [1.807, 2.05) is 21.1 Å². The van der Waals surface area contributed by atoms with Crippen molar-refractivity contribution >= 4 is 17.9 Å². The number of likely N-dealkylation sites (N-methyl/N-ethyl adjacent to an activating group) is 1. The van der Waals surface area contributed by atoms with E-state index in [0.717, 1.165) is 89.9 Å². The van der Waals surface area contributed by atoms with E-state index in [2.05, 4.69) is 86.8 Å². The number of carboxylic acids is 1. The molecule has 0 heterocycles. The number of aliphatic carboxylic acids is 1. The van der Waals surface area contributed by atoms with Gasteiger partial charge >= 0.3 is 17.9 Å². The summed E-state index contributed by atoms with van der Waals surface area (Å²) < 4.78 is 22.9. The van der Waals surface area contributed by atoms with Gasteiger partial charge in [-0.25, -0.2) is 4.79 Å². The number of hydrogen-bond acceptors (Lipinski definition) is 7. The Morgan fingerprint density at radius 3 is 1.07 bits per heavy atom. The minimum Gasteiger partial charge on any atom is -0.477 e. The number of unbranched alkanes of at least 4 members (excludes halogenated alkanes) is 35. The SMILES string of the molecule is CC/C=C\C/C=C\C/C=C\C/C=C\C/C=C\CCCCCCCCCCCCCCCCCCCCCCCCCCCC(=O)OC(COC(=O)CCCCCCC/C=C\CCCCCCC)COC(OCC[N+](C)(C)C)C(=O)O. The Labute approximate surface area is 494 Å². The highest BCUT2D eigenvalue weighted by molar-refractivity contribution is 5.71. The number of carbonyl (C=O) groups is 3. The third kappa shape index (κ3) is 62.3. The van der Waals surface area contributed by atoms with Crippen LogP contribution in [0.15, 0.2) is 72.9 Å². The second kappa shape index (κ2) is 61.8. The first-order valence-corrected chi connectivity index (χ1v) is 33.6. The Bertz CT molecular complexity index is 1540. The van der Waals surface area contributed by atoms with E-state index in [4.69, 9.17) is 18.9 Å². The minimum absolute atomic E-state index is 0.184. The molecule has 0 aromatic heterocycles. The Hall–Kier alpha value is -3.27. The Morgan fingerprint density at radius 1 is 0.388 bits per heavy atom. The van der Waals surface area contributed by atoms with E-state index < -0.39 is 24.3 Å². The predicted molar refractivity (Wildman–Crippen MR) is 341 cm³/mol. The molecular weight excluding hydrogens is 995 g/mol. The summed E-state index contributed by atoms with van der Waals surface area (Å²) in [4.78, 5) is 37.4. The minimum atomic E-state index is -1.51. The van der Waals surface area contributed by atoms with Gasteiger partial charge in [0.25, 0.3) is 6.29 Å². The lowest BCUT2D eigenvalue weighted by Gasteiger charge is -2.25. The summed E-state index contributed by atoms with van der Waals surface area (Å²) in [7, 11) is 5.97. The van der Waals surface area contributed by atoms with Gasteiger partial charge in [0, 0.05) is 12.8 Å². The van der Waals surface area contributed by atoms with Gasteiger partial charge in [-0.3, -0.25) is 9.59 Å². The number of rotatable bonds is 62. The van der Waals surface area contributed by atoms with E-state index in [1.54, 1.807) is 0 Å². The van der Waals surface area contributed by atoms with Crippen molar-refractivity contribution in [2.45, 2.75) is 315 Å². The normalized spacial score (nSPS) is 13.2. The zero-order valence-corrected chi connectivity index (χ0v) is 53.0. The van der Waals surface area contributed by atoms with Gasteiger partial charge in [0.2, 0.25) is 0 Å². The van der Waals surface area contributed by atoms with Crippen LogP contribution < -0.4 is 0 Å². The predicted octanol–water partition coefficient (Wildman–Crippen LogP) is 20.5. The molecule has 9 nitrogen and oxygen atoms in total. The monoisotopic (exact) mass is 1120 g/mol. The number of carbonyl (C=O) groups excluding carboxylic acids is 2. The summed E-state index contributed by atoms with van der Waals surface area (Å²) >= 11 is 0. The Balaban J connectivity index is 3.93. The number of quaternary nitrogens is 1. The summed E-state index contributed by atoms with van der Waals surface area (Å²) in [5, 5.41) is 9.71. The van der Waals surface area contributed by atoms with Crippen LogP contribution in [0.1, 0.15) is 303 Å². The summed E-state index contributed by atoms with van der Waals surface area (Å²) in [6.07, 6.45) is 78.9. The lowest BCUT2D eigenvalue weighted by molar-refractivity contribution is -0.870. The van der Waals surface area contributed by atoms with Crippen molar-refractivity contribution in [3.05, 3.63) is 72.9 Å². The number of esters is 2. The molecule has 0 bridgehead atoms. The molecule has 464 valence electrons. The molecular formula is C71H128NO8+. The van der Waals surface area contributed by atoms with Crippen LogP contribution in [-0.2, 0) is 33.3 Å². The molecule has 0 saturated heterocycles. The van der Waals surface area contributed by atoms with Crippen molar-refractivity contribution in [2.24, 2.45) is 0 Å². The molecule has 0 amide bonds. The molecule has 0 spiro atoms. The molecule has 2 atom stereocenters. The fourth-order valence-electron chi connectivity index (χ4n) is 9.57. The Morgan fingerprint density at radius 2 is 0.713 bits per heavy atom. The molecule has 0 fully saturated rings. The standard InChI is InChI=1S/C71H127NO8/c1-6-8-10-12-14-16-18-20-22-23-24-25-26-27-28-29-30-31-32-33-34-35-36-37-38-39-40-41-42-43-44-45-46-47-48-50-52-54-56-58-60-62-69(74)80-67(66-79-71(70(75)76)77-64-63-72(3,4)5)65-78-68(73)61-59-57-55-53-51-49-21-19-17-15-13-11-9-7-2/h8,10,14,16,19-22,24-25,27-28,67,71H,6-7,9,11-13,15,17-18,23,26,29-66H2,1-5H3/p+1/b10-8-,16-14-,21-19-,22-20-,25-24-,28-27-.